The number of aliphatic hydroxyl groups excluding tert-OH is 1. The number of rotatable bonds is 9. The standard InChI is InChI=1S/C20H27N3O4/c1-3-13(2)23-19(25)15-8-9-21-16(11-15)12-22-18(20(26)27)10-14-4-6-17(24)7-5-14/h4,6,8-9,11,13,18,22,24H,3,5,7,10,12H2,1-2H3,(H,23,25)(H,26,27). The Hall–Kier alpha value is -2.67. The van der Waals surface area contributed by atoms with Crippen LogP contribution in [0.2, 0.25) is 0 Å². The number of nitrogens with one attached hydrogen (secondary N) is 2. The molecular weight excluding hydrogens is 346 g/mol. The van der Waals surface area contributed by atoms with E-state index in [1.807, 2.05) is 13.8 Å². The van der Waals surface area contributed by atoms with Gasteiger partial charge in [0.15, 0.2) is 0 Å². The van der Waals surface area contributed by atoms with Crippen LogP contribution in [0.25, 0.3) is 0 Å². The van der Waals surface area contributed by atoms with E-state index >= 15 is 0 Å². The number of pyridine rings is 1. The van der Waals surface area contributed by atoms with E-state index in [2.05, 4.69) is 15.6 Å². The molecule has 1 aliphatic carbocycles. The molecule has 27 heavy (non-hydrogen) atoms. The van der Waals surface area contributed by atoms with E-state index in [9.17, 15) is 19.8 Å². The molecule has 0 saturated heterocycles. The van der Waals surface area contributed by atoms with Crippen molar-refractivity contribution >= 4 is 11.9 Å². The maximum absolute atomic E-state index is 12.2. The predicted molar refractivity (Wildman–Crippen MR) is 102 cm³/mol. The predicted octanol–water partition coefficient (Wildman–Crippen LogP) is 2.70. The molecule has 1 aromatic heterocycles. The Balaban J connectivity index is 1.98. The van der Waals surface area contributed by atoms with Crippen LogP contribution in [-0.4, -0.2) is 39.2 Å². The zero-order valence-corrected chi connectivity index (χ0v) is 15.7. The van der Waals surface area contributed by atoms with Gasteiger partial charge in [-0.2, -0.15) is 0 Å². The smallest absolute Gasteiger partial charge is 0.321 e. The van der Waals surface area contributed by atoms with E-state index in [4.69, 9.17) is 0 Å². The van der Waals surface area contributed by atoms with E-state index < -0.39 is 12.0 Å². The third-order valence-corrected chi connectivity index (χ3v) is 4.58. The molecule has 0 fully saturated rings. The summed E-state index contributed by atoms with van der Waals surface area (Å²) in [6.45, 7) is 4.18. The number of carboxylic acid groups (broad SMARTS) is 1. The topological polar surface area (TPSA) is 112 Å². The maximum atomic E-state index is 12.2. The lowest BCUT2D eigenvalue weighted by atomic mass is 9.97. The minimum Gasteiger partial charge on any atom is -0.512 e. The van der Waals surface area contributed by atoms with Crippen molar-refractivity contribution in [2.24, 2.45) is 0 Å². The molecule has 2 rings (SSSR count). The van der Waals surface area contributed by atoms with E-state index in [0.717, 1.165) is 12.0 Å². The summed E-state index contributed by atoms with van der Waals surface area (Å²) in [7, 11) is 0. The van der Waals surface area contributed by atoms with Gasteiger partial charge in [0.1, 0.15) is 6.04 Å². The molecule has 0 aliphatic heterocycles. The molecule has 2 unspecified atom stereocenters. The highest BCUT2D eigenvalue weighted by Crippen LogP contribution is 2.20. The van der Waals surface area contributed by atoms with Crippen molar-refractivity contribution < 1.29 is 19.8 Å². The van der Waals surface area contributed by atoms with Crippen LogP contribution in [0.5, 0.6) is 0 Å². The van der Waals surface area contributed by atoms with Gasteiger partial charge in [-0.25, -0.2) is 0 Å². The van der Waals surface area contributed by atoms with E-state index in [1.54, 1.807) is 30.5 Å². The lowest BCUT2D eigenvalue weighted by Gasteiger charge is -2.18. The lowest BCUT2D eigenvalue weighted by Crippen LogP contribution is -2.37. The first kappa shape index (κ1) is 20.6. The molecule has 7 nitrogen and oxygen atoms in total. The normalized spacial score (nSPS) is 16.1. The number of aliphatic carboxylic acids is 1. The zero-order chi connectivity index (χ0) is 19.8. The summed E-state index contributed by atoms with van der Waals surface area (Å²) < 4.78 is 0. The van der Waals surface area contributed by atoms with Crippen molar-refractivity contribution in [3.05, 3.63) is 53.1 Å². The molecule has 1 amide bonds. The Kier molecular flexibility index (Phi) is 7.55. The van der Waals surface area contributed by atoms with Crippen LogP contribution in [0.4, 0.5) is 0 Å². The molecule has 146 valence electrons. The third-order valence-electron chi connectivity index (χ3n) is 4.58. The Morgan fingerprint density at radius 3 is 2.70 bits per heavy atom. The molecule has 1 heterocycles. The first-order valence-electron chi connectivity index (χ1n) is 9.18. The van der Waals surface area contributed by atoms with E-state index in [1.165, 1.54) is 0 Å². The fourth-order valence-electron chi connectivity index (χ4n) is 2.70. The van der Waals surface area contributed by atoms with Gasteiger partial charge in [-0.1, -0.05) is 18.6 Å². The SMILES string of the molecule is CCC(C)NC(=O)c1ccnc(CNC(CC2=CC=C(O)CC2)C(=O)O)c1. The highest BCUT2D eigenvalue weighted by molar-refractivity contribution is 5.94. The van der Waals surface area contributed by atoms with Gasteiger partial charge in [0.25, 0.3) is 5.91 Å². The van der Waals surface area contributed by atoms with Gasteiger partial charge in [-0.15, -0.1) is 0 Å². The quantitative estimate of drug-likeness (QED) is 0.530. The Morgan fingerprint density at radius 1 is 1.30 bits per heavy atom. The van der Waals surface area contributed by atoms with Crippen LogP contribution < -0.4 is 10.6 Å². The molecule has 0 radical (unpaired) electrons. The number of nitrogens with zero attached hydrogens (tertiary/aromatic N) is 1. The summed E-state index contributed by atoms with van der Waals surface area (Å²) in [4.78, 5) is 28.0. The summed E-state index contributed by atoms with van der Waals surface area (Å²) in [5, 5.41) is 24.8. The van der Waals surface area contributed by atoms with Gasteiger partial charge < -0.3 is 15.5 Å². The molecule has 2 atom stereocenters. The van der Waals surface area contributed by atoms with Crippen molar-refractivity contribution in [1.29, 1.82) is 0 Å². The van der Waals surface area contributed by atoms with Gasteiger partial charge in [-0.3, -0.25) is 19.9 Å². The van der Waals surface area contributed by atoms with Crippen molar-refractivity contribution in [2.75, 3.05) is 0 Å². The Morgan fingerprint density at radius 2 is 2.07 bits per heavy atom. The number of allylic oxidation sites excluding steroid dienone is 3. The highest BCUT2D eigenvalue weighted by atomic mass is 16.4. The summed E-state index contributed by atoms with van der Waals surface area (Å²) in [5.74, 6) is -0.794. The van der Waals surface area contributed by atoms with Crippen molar-refractivity contribution in [3.8, 4) is 0 Å². The number of aromatic nitrogens is 1. The second kappa shape index (κ2) is 9.87. The average molecular weight is 373 g/mol. The van der Waals surface area contributed by atoms with Crippen molar-refractivity contribution in [3.63, 3.8) is 0 Å². The van der Waals surface area contributed by atoms with Gasteiger partial charge in [0.05, 0.1) is 11.5 Å². The molecule has 0 saturated carbocycles. The monoisotopic (exact) mass is 373 g/mol. The van der Waals surface area contributed by atoms with Crippen LogP contribution >= 0.6 is 0 Å². The molecule has 1 aliphatic rings. The summed E-state index contributed by atoms with van der Waals surface area (Å²) in [6.07, 6.45) is 7.31. The largest absolute Gasteiger partial charge is 0.512 e. The van der Waals surface area contributed by atoms with Crippen LogP contribution in [0.15, 0.2) is 41.8 Å². The van der Waals surface area contributed by atoms with Crippen molar-refractivity contribution in [2.45, 2.75) is 58.2 Å². The highest BCUT2D eigenvalue weighted by Gasteiger charge is 2.20. The fraction of sp³-hybridized carbons (Fsp3) is 0.450. The summed E-state index contributed by atoms with van der Waals surface area (Å²) in [6, 6.07) is 2.64. The second-order valence-electron chi connectivity index (χ2n) is 6.78. The molecule has 7 heteroatoms. The van der Waals surface area contributed by atoms with Crippen LogP contribution in [0, 0.1) is 0 Å². The third kappa shape index (κ3) is 6.53. The number of hydrogen-bond acceptors (Lipinski definition) is 5. The van der Waals surface area contributed by atoms with Gasteiger partial charge in [0.2, 0.25) is 0 Å². The van der Waals surface area contributed by atoms with Crippen LogP contribution in [0.3, 0.4) is 0 Å². The molecule has 0 bridgehead atoms. The molecule has 4 N–H and O–H groups in total. The molecular formula is C20H27N3O4. The zero-order valence-electron chi connectivity index (χ0n) is 15.7. The molecule has 1 aromatic rings. The number of hydrogen-bond donors (Lipinski definition) is 4. The molecule has 0 spiro atoms. The van der Waals surface area contributed by atoms with Gasteiger partial charge in [0, 0.05) is 30.8 Å². The number of carbonyl (C=O) groups is 2. The van der Waals surface area contributed by atoms with Gasteiger partial charge >= 0.3 is 5.97 Å². The Bertz CT molecular complexity index is 742. The summed E-state index contributed by atoms with van der Waals surface area (Å²) >= 11 is 0. The lowest BCUT2D eigenvalue weighted by molar-refractivity contribution is -0.139. The number of aliphatic hydroxyl groups is 1. The molecule has 0 aromatic carbocycles. The first-order valence-corrected chi connectivity index (χ1v) is 9.18. The minimum atomic E-state index is -0.944. The van der Waals surface area contributed by atoms with Gasteiger partial charge in [-0.05, 0) is 44.4 Å². The average Bonchev–Trinajstić information content (AvgIpc) is 2.66. The number of amides is 1. The maximum Gasteiger partial charge on any atom is 0.321 e. The fourth-order valence-corrected chi connectivity index (χ4v) is 2.70. The second-order valence-corrected chi connectivity index (χ2v) is 6.78. The number of carboxylic acids is 1. The Labute approximate surface area is 159 Å². The summed E-state index contributed by atoms with van der Waals surface area (Å²) in [5.41, 5.74) is 2.08. The number of carbonyl (C=O) groups excluding carboxylic acids is 1. The minimum absolute atomic E-state index is 0.0842. The first-order chi connectivity index (χ1) is 12.9. The van der Waals surface area contributed by atoms with E-state index in [0.29, 0.717) is 36.3 Å². The van der Waals surface area contributed by atoms with E-state index in [-0.39, 0.29) is 18.5 Å². The van der Waals surface area contributed by atoms with Crippen molar-refractivity contribution in [1.82, 2.24) is 15.6 Å². The van der Waals surface area contributed by atoms with Crippen LogP contribution in [0.1, 0.15) is 55.6 Å². The van der Waals surface area contributed by atoms with Crippen LogP contribution in [-0.2, 0) is 11.3 Å².